The lowest BCUT2D eigenvalue weighted by Gasteiger charge is -2.42. The highest BCUT2D eigenvalue weighted by molar-refractivity contribution is 6.90. The summed E-state index contributed by atoms with van der Waals surface area (Å²) >= 11 is 0. The minimum absolute atomic E-state index is 0.128. The normalized spacial score (nSPS) is 14.5. The summed E-state index contributed by atoms with van der Waals surface area (Å²) in [5.41, 5.74) is 0.291. The number of hydrogen-bond acceptors (Lipinski definition) is 7. The van der Waals surface area contributed by atoms with Crippen LogP contribution in [0.1, 0.15) is 13.3 Å². The van der Waals surface area contributed by atoms with Gasteiger partial charge < -0.3 is 26.9 Å². The molecule has 0 aliphatic rings. The molecule has 0 aliphatic carbocycles. The van der Waals surface area contributed by atoms with Gasteiger partial charge >= 0.3 is 14.8 Å². The van der Waals surface area contributed by atoms with E-state index in [9.17, 15) is 9.90 Å². The van der Waals surface area contributed by atoms with Gasteiger partial charge in [-0.1, -0.05) is 6.58 Å². The van der Waals surface area contributed by atoms with E-state index >= 15 is 0 Å². The van der Waals surface area contributed by atoms with Gasteiger partial charge in [0.2, 0.25) is 0 Å². The molecule has 30 heavy (non-hydrogen) atoms. The number of esters is 1. The Hall–Kier alpha value is -0.122. The maximum absolute atomic E-state index is 11.6. The Morgan fingerprint density at radius 1 is 0.900 bits per heavy atom. The first kappa shape index (κ1) is 29.9. The molecular formula is C19H44O7Si4. The second-order valence-corrected chi connectivity index (χ2v) is 27.5. The maximum Gasteiger partial charge on any atom is 0.469 e. The lowest BCUT2D eigenvalue weighted by atomic mass is 10.3. The molecule has 0 aromatic heterocycles. The average molecular weight is 497 g/mol. The summed E-state index contributed by atoms with van der Waals surface area (Å²) in [7, 11) is -8.56. The van der Waals surface area contributed by atoms with Crippen LogP contribution in [0.4, 0.5) is 0 Å². The number of rotatable bonds is 15. The smallest absolute Gasteiger partial charge is 0.454 e. The standard InChI is InChI=1S/C19H44O7Si4/c1-17(2)19(21)23-18(15-20)16-22-13-12-14-30(24-27(3,4)5,25-28(6,7)8)26-29(9,10)11/h18,20H,1,12-16H2,2-11H3. The molecule has 7 nitrogen and oxygen atoms in total. The fourth-order valence-corrected chi connectivity index (χ4v) is 17.2. The Balaban J connectivity index is 5.06. The Morgan fingerprint density at radius 3 is 1.67 bits per heavy atom. The van der Waals surface area contributed by atoms with Crippen LogP contribution in [-0.2, 0) is 26.6 Å². The Bertz CT molecular complexity index is 510. The second kappa shape index (κ2) is 12.2. The topological polar surface area (TPSA) is 83.5 Å². The van der Waals surface area contributed by atoms with Crippen molar-refractivity contribution < 1.29 is 31.7 Å². The van der Waals surface area contributed by atoms with Gasteiger partial charge in [0, 0.05) is 18.2 Å². The van der Waals surface area contributed by atoms with Crippen LogP contribution in [0.5, 0.6) is 0 Å². The zero-order valence-corrected chi connectivity index (χ0v) is 24.7. The molecule has 0 saturated carbocycles. The van der Waals surface area contributed by atoms with Crippen molar-refractivity contribution in [2.45, 2.75) is 84.4 Å². The van der Waals surface area contributed by atoms with E-state index in [0.29, 0.717) is 24.6 Å². The van der Waals surface area contributed by atoms with Crippen molar-refractivity contribution in [3.63, 3.8) is 0 Å². The van der Waals surface area contributed by atoms with E-state index in [0.717, 1.165) is 0 Å². The molecule has 0 aromatic rings. The largest absolute Gasteiger partial charge is 0.469 e. The van der Waals surface area contributed by atoms with Crippen molar-refractivity contribution in [2.75, 3.05) is 19.8 Å². The number of aliphatic hydroxyl groups is 1. The summed E-state index contributed by atoms with van der Waals surface area (Å²) in [6.45, 7) is 24.8. The highest BCUT2D eigenvalue weighted by atomic mass is 28.5. The summed E-state index contributed by atoms with van der Waals surface area (Å²) < 4.78 is 30.7. The third-order valence-electron chi connectivity index (χ3n) is 3.29. The molecule has 11 heteroatoms. The lowest BCUT2D eigenvalue weighted by Crippen LogP contribution is -2.60. The molecule has 0 saturated heterocycles. The second-order valence-electron chi connectivity index (χ2n) is 10.5. The first-order valence-electron chi connectivity index (χ1n) is 10.5. The number of hydrogen-bond donors (Lipinski definition) is 1. The van der Waals surface area contributed by atoms with Crippen LogP contribution in [0.15, 0.2) is 12.2 Å². The summed E-state index contributed by atoms with van der Waals surface area (Å²) in [4.78, 5) is 11.6. The highest BCUT2D eigenvalue weighted by Crippen LogP contribution is 2.29. The Kier molecular flexibility index (Phi) is 12.2. The van der Waals surface area contributed by atoms with Crippen molar-refractivity contribution >= 4 is 39.7 Å². The lowest BCUT2D eigenvalue weighted by molar-refractivity contribution is -0.149. The van der Waals surface area contributed by atoms with Crippen LogP contribution in [0.2, 0.25) is 65.0 Å². The number of ether oxygens (including phenoxy) is 2. The summed E-state index contributed by atoms with van der Waals surface area (Å²) in [6.07, 6.45) is 0.00372. The molecule has 178 valence electrons. The fourth-order valence-electron chi connectivity index (χ4n) is 2.60. The van der Waals surface area contributed by atoms with Gasteiger partial charge in [0.05, 0.1) is 13.2 Å². The van der Waals surface area contributed by atoms with Crippen molar-refractivity contribution in [3.05, 3.63) is 12.2 Å². The quantitative estimate of drug-likeness (QED) is 0.156. The molecule has 0 aliphatic heterocycles. The molecule has 0 amide bonds. The first-order valence-corrected chi connectivity index (χ1v) is 22.7. The third-order valence-corrected chi connectivity index (χ3v) is 15.3. The van der Waals surface area contributed by atoms with Gasteiger partial charge in [-0.25, -0.2) is 4.79 Å². The monoisotopic (exact) mass is 496 g/mol. The minimum atomic E-state index is -2.87. The van der Waals surface area contributed by atoms with Crippen LogP contribution < -0.4 is 0 Å². The number of aliphatic hydroxyl groups excluding tert-OH is 1. The number of carbonyl (C=O) groups is 1. The van der Waals surface area contributed by atoms with Gasteiger partial charge in [0.25, 0.3) is 0 Å². The van der Waals surface area contributed by atoms with Crippen molar-refractivity contribution in [3.8, 4) is 0 Å². The minimum Gasteiger partial charge on any atom is -0.454 e. The molecule has 0 rings (SSSR count). The molecule has 0 bridgehead atoms. The number of carbonyl (C=O) groups excluding carboxylic acids is 1. The summed E-state index contributed by atoms with van der Waals surface area (Å²) in [5, 5.41) is 9.40. The molecule has 0 aromatic carbocycles. The highest BCUT2D eigenvalue weighted by Gasteiger charge is 2.49. The maximum atomic E-state index is 11.6. The van der Waals surface area contributed by atoms with Crippen LogP contribution in [0, 0.1) is 0 Å². The van der Waals surface area contributed by atoms with Crippen LogP contribution in [0.3, 0.4) is 0 Å². The van der Waals surface area contributed by atoms with Gasteiger partial charge in [-0.3, -0.25) is 0 Å². The van der Waals surface area contributed by atoms with Crippen LogP contribution >= 0.6 is 0 Å². The van der Waals surface area contributed by atoms with E-state index in [1.807, 2.05) is 0 Å². The summed E-state index contributed by atoms with van der Waals surface area (Å²) in [6, 6.07) is 0.682. The van der Waals surface area contributed by atoms with Crippen molar-refractivity contribution in [1.29, 1.82) is 0 Å². The van der Waals surface area contributed by atoms with E-state index in [-0.39, 0.29) is 13.2 Å². The van der Waals surface area contributed by atoms with Crippen molar-refractivity contribution in [2.24, 2.45) is 0 Å². The van der Waals surface area contributed by atoms with E-state index < -0.39 is 45.8 Å². The molecule has 1 atom stereocenters. The molecule has 1 N–H and O–H groups in total. The summed E-state index contributed by atoms with van der Waals surface area (Å²) in [5.74, 6) is -0.528. The van der Waals surface area contributed by atoms with Gasteiger partial charge in [0.15, 0.2) is 25.0 Å². The van der Waals surface area contributed by atoms with Crippen LogP contribution in [-0.4, -0.2) is 70.8 Å². The predicted molar refractivity (Wildman–Crippen MR) is 131 cm³/mol. The van der Waals surface area contributed by atoms with Gasteiger partial charge in [-0.15, -0.1) is 0 Å². The predicted octanol–water partition coefficient (Wildman–Crippen LogP) is 4.37. The SMILES string of the molecule is C=C(C)C(=O)OC(CO)COCCC[Si](O[Si](C)(C)C)(O[Si](C)(C)C)O[Si](C)(C)C. The molecule has 0 heterocycles. The molecule has 0 fully saturated rings. The molecule has 0 radical (unpaired) electrons. The van der Waals surface area contributed by atoms with Gasteiger partial charge in [0.1, 0.15) is 6.10 Å². The first-order chi connectivity index (χ1) is 13.4. The van der Waals surface area contributed by atoms with E-state index in [4.69, 9.17) is 21.8 Å². The average Bonchev–Trinajstić information content (AvgIpc) is 2.47. The third kappa shape index (κ3) is 14.8. The zero-order chi connectivity index (χ0) is 23.8. The fraction of sp³-hybridized carbons (Fsp3) is 0.842. The zero-order valence-electron chi connectivity index (χ0n) is 20.7. The Morgan fingerprint density at radius 2 is 1.33 bits per heavy atom. The van der Waals surface area contributed by atoms with Gasteiger partial charge in [-0.2, -0.15) is 0 Å². The van der Waals surface area contributed by atoms with Crippen molar-refractivity contribution in [1.82, 2.24) is 0 Å². The van der Waals surface area contributed by atoms with Crippen LogP contribution in [0.25, 0.3) is 0 Å². The molecular weight excluding hydrogens is 453 g/mol. The van der Waals surface area contributed by atoms with E-state index in [1.54, 1.807) is 6.92 Å². The van der Waals surface area contributed by atoms with E-state index in [2.05, 4.69) is 65.5 Å². The molecule has 1 unspecified atom stereocenters. The molecule has 0 spiro atoms. The van der Waals surface area contributed by atoms with Gasteiger partial charge in [-0.05, 0) is 72.3 Å². The Labute approximate surface area is 187 Å². The van der Waals surface area contributed by atoms with E-state index in [1.165, 1.54) is 0 Å².